The van der Waals surface area contributed by atoms with E-state index >= 15 is 0 Å². The van der Waals surface area contributed by atoms with Crippen LogP contribution in [0.25, 0.3) is 0 Å². The second-order valence-electron chi connectivity index (χ2n) is 12.7. The van der Waals surface area contributed by atoms with E-state index in [-0.39, 0.29) is 68.2 Å². The van der Waals surface area contributed by atoms with Gasteiger partial charge in [-0.3, -0.25) is 24.1 Å². The number of H-pyrrole nitrogens is 1. The van der Waals surface area contributed by atoms with Gasteiger partial charge in [0.05, 0.1) is 31.7 Å². The Morgan fingerprint density at radius 2 is 1.85 bits per heavy atom. The number of aliphatic hydroxyl groups is 2. The first-order valence-corrected chi connectivity index (χ1v) is 14.3. The summed E-state index contributed by atoms with van der Waals surface area (Å²) >= 11 is 0. The first-order valence-electron chi connectivity index (χ1n) is 14.3. The number of likely N-dealkylation sites (tertiary alicyclic amines) is 1. The summed E-state index contributed by atoms with van der Waals surface area (Å²) < 4.78 is 5.79. The summed E-state index contributed by atoms with van der Waals surface area (Å²) in [6, 6.07) is -1.84. The van der Waals surface area contributed by atoms with Crippen LogP contribution in [0, 0.1) is 5.41 Å². The van der Waals surface area contributed by atoms with E-state index in [1.807, 2.05) is 25.7 Å². The maximum atomic E-state index is 14.0. The van der Waals surface area contributed by atoms with Gasteiger partial charge in [-0.25, -0.2) is 4.98 Å². The van der Waals surface area contributed by atoms with Crippen LogP contribution in [0.5, 0.6) is 0 Å². The molecule has 4 aliphatic heterocycles. The molecule has 41 heavy (non-hydrogen) atoms. The summed E-state index contributed by atoms with van der Waals surface area (Å²) in [5.41, 5.74) is -0.290. The molecule has 1 aromatic rings. The van der Waals surface area contributed by atoms with Crippen molar-refractivity contribution in [1.82, 2.24) is 35.3 Å². The minimum Gasteiger partial charge on any atom is -0.388 e. The van der Waals surface area contributed by atoms with Crippen molar-refractivity contribution in [2.75, 3.05) is 32.7 Å². The van der Waals surface area contributed by atoms with E-state index in [9.17, 15) is 29.4 Å². The van der Waals surface area contributed by atoms with Gasteiger partial charge < -0.3 is 40.4 Å². The van der Waals surface area contributed by atoms with E-state index in [0.717, 1.165) is 0 Å². The number of fused-ring (bicyclic) bond motifs is 6. The van der Waals surface area contributed by atoms with Crippen LogP contribution >= 0.6 is 0 Å². The number of aromatic amines is 1. The van der Waals surface area contributed by atoms with Gasteiger partial charge in [0.15, 0.2) is 0 Å². The molecule has 5 N–H and O–H groups in total. The number of carbonyl (C=O) groups is 4. The van der Waals surface area contributed by atoms with Gasteiger partial charge in [-0.05, 0) is 11.8 Å². The van der Waals surface area contributed by atoms with E-state index in [2.05, 4.69) is 20.6 Å². The molecule has 5 heterocycles. The molecule has 226 valence electrons. The number of rotatable bonds is 3. The molecule has 0 spiro atoms. The Morgan fingerprint density at radius 1 is 1.10 bits per heavy atom. The van der Waals surface area contributed by atoms with Crippen LogP contribution in [0.4, 0.5) is 0 Å². The summed E-state index contributed by atoms with van der Waals surface area (Å²) in [6.45, 7) is 6.99. The van der Waals surface area contributed by atoms with Gasteiger partial charge in [-0.15, -0.1) is 0 Å². The van der Waals surface area contributed by atoms with Crippen LogP contribution < -0.4 is 10.6 Å². The van der Waals surface area contributed by atoms with Gasteiger partial charge >= 0.3 is 0 Å². The highest BCUT2D eigenvalue weighted by Gasteiger charge is 2.47. The highest BCUT2D eigenvalue weighted by atomic mass is 16.5. The first-order chi connectivity index (χ1) is 19.4. The van der Waals surface area contributed by atoms with Gasteiger partial charge in [-0.1, -0.05) is 20.8 Å². The third-order valence-corrected chi connectivity index (χ3v) is 8.28. The molecule has 0 aromatic carbocycles. The number of carbonyl (C=O) groups excluding carboxylic acids is 4. The molecule has 1 aromatic heterocycles. The maximum absolute atomic E-state index is 14.0. The second kappa shape index (κ2) is 11.7. The number of imidazole rings is 1. The van der Waals surface area contributed by atoms with Crippen LogP contribution in [-0.2, 0) is 30.5 Å². The van der Waals surface area contributed by atoms with Crippen molar-refractivity contribution < 1.29 is 34.1 Å². The Labute approximate surface area is 238 Å². The number of nitrogens with one attached hydrogen (secondary N) is 3. The summed E-state index contributed by atoms with van der Waals surface area (Å²) in [7, 11) is 0. The Morgan fingerprint density at radius 3 is 2.56 bits per heavy atom. The van der Waals surface area contributed by atoms with Crippen LogP contribution in [0.2, 0.25) is 0 Å². The second-order valence-corrected chi connectivity index (χ2v) is 12.7. The number of amides is 4. The third kappa shape index (κ3) is 6.55. The molecule has 6 bridgehead atoms. The predicted molar refractivity (Wildman–Crippen MR) is 144 cm³/mol. The maximum Gasteiger partial charge on any atom is 0.244 e. The molecule has 0 aliphatic carbocycles. The van der Waals surface area contributed by atoms with Crippen molar-refractivity contribution in [3.63, 3.8) is 0 Å². The van der Waals surface area contributed by atoms with Gasteiger partial charge in [0.2, 0.25) is 23.6 Å². The molecule has 0 saturated carbocycles. The number of aromatic nitrogens is 2. The van der Waals surface area contributed by atoms with Crippen LogP contribution in [0.1, 0.15) is 45.9 Å². The largest absolute Gasteiger partial charge is 0.388 e. The first kappa shape index (κ1) is 29.4. The normalized spacial score (nSPS) is 33.6. The molecule has 0 unspecified atom stereocenters. The molecule has 4 aliphatic rings. The Kier molecular flexibility index (Phi) is 8.37. The Balaban J connectivity index is 1.43. The van der Waals surface area contributed by atoms with Crippen molar-refractivity contribution in [3.8, 4) is 0 Å². The van der Waals surface area contributed by atoms with Crippen molar-refractivity contribution in [2.45, 2.75) is 89.1 Å². The average Bonchev–Trinajstić information content (AvgIpc) is 3.62. The van der Waals surface area contributed by atoms with E-state index in [0.29, 0.717) is 25.3 Å². The molecule has 4 saturated heterocycles. The number of aliphatic hydroxyl groups excluding tert-OH is 2. The zero-order valence-corrected chi connectivity index (χ0v) is 23.8. The van der Waals surface area contributed by atoms with Crippen LogP contribution in [0.3, 0.4) is 0 Å². The SMILES string of the molecule is CC(C)(C)CC(=O)N1CCN2C[C@H]1C(=O)NC[C@H]1O[C@@H](CC(=O)N[C@H]3C[C@@H](C2=O)N(Cc2ncc[nH]2)C3)[C@H](O)[C@@H]1O. The topological polar surface area (TPSA) is 180 Å². The minimum absolute atomic E-state index is 0.0159. The minimum atomic E-state index is -1.30. The quantitative estimate of drug-likeness (QED) is 0.271. The smallest absolute Gasteiger partial charge is 0.244 e. The van der Waals surface area contributed by atoms with Gasteiger partial charge in [-0.2, -0.15) is 0 Å². The summed E-state index contributed by atoms with van der Waals surface area (Å²) in [5, 5.41) is 26.8. The molecule has 4 amide bonds. The van der Waals surface area contributed by atoms with Gasteiger partial charge in [0.1, 0.15) is 30.2 Å². The van der Waals surface area contributed by atoms with Gasteiger partial charge in [0.25, 0.3) is 0 Å². The van der Waals surface area contributed by atoms with E-state index in [1.165, 1.54) is 4.90 Å². The lowest BCUT2D eigenvalue weighted by Crippen LogP contribution is -2.63. The summed E-state index contributed by atoms with van der Waals surface area (Å²) in [6.07, 6.45) is -0.738. The fourth-order valence-corrected chi connectivity index (χ4v) is 6.24. The standard InChI is InChI=1S/C27H41N7O7/c1-27(2,3)10-22(36)34-7-6-32-13-17(34)25(39)30-11-19-24(38)23(37)18(41-19)9-21(35)31-15-8-16(26(32)40)33(12-15)14-20-28-4-5-29-20/h4-5,15-19,23-24,37-38H,6-14H2,1-3H3,(H,28,29)(H,30,39)(H,31,35)/t15-,16-,17-,18-,19+,23-,24+/m0/s1. The molecular formula is C27H41N7O7. The number of piperazine rings is 1. The summed E-state index contributed by atoms with van der Waals surface area (Å²) in [5.74, 6) is -0.497. The molecule has 4 fully saturated rings. The summed E-state index contributed by atoms with van der Waals surface area (Å²) in [4.78, 5) is 66.2. The number of hydrogen-bond acceptors (Lipinski definition) is 9. The molecule has 0 radical (unpaired) electrons. The highest BCUT2D eigenvalue weighted by Crippen LogP contribution is 2.27. The molecular weight excluding hydrogens is 534 g/mol. The molecule has 5 rings (SSSR count). The van der Waals surface area contributed by atoms with E-state index < -0.39 is 42.4 Å². The lowest BCUT2D eigenvalue weighted by Gasteiger charge is -2.42. The third-order valence-electron chi connectivity index (χ3n) is 8.28. The molecule has 14 nitrogen and oxygen atoms in total. The highest BCUT2D eigenvalue weighted by molar-refractivity contribution is 5.90. The average molecular weight is 576 g/mol. The van der Waals surface area contributed by atoms with Crippen molar-refractivity contribution >= 4 is 23.6 Å². The number of nitrogens with zero attached hydrogens (tertiary/aromatic N) is 4. The van der Waals surface area contributed by atoms with Crippen LogP contribution in [-0.4, -0.2) is 134 Å². The zero-order chi connectivity index (χ0) is 29.5. The molecule has 14 heteroatoms. The van der Waals surface area contributed by atoms with Crippen molar-refractivity contribution in [1.29, 1.82) is 0 Å². The fraction of sp³-hybridized carbons (Fsp3) is 0.741. The van der Waals surface area contributed by atoms with Crippen molar-refractivity contribution in [2.24, 2.45) is 5.41 Å². The monoisotopic (exact) mass is 575 g/mol. The zero-order valence-electron chi connectivity index (χ0n) is 23.8. The fourth-order valence-electron chi connectivity index (χ4n) is 6.24. The Hall–Kier alpha value is -3.07. The lowest BCUT2D eigenvalue weighted by molar-refractivity contribution is -0.151. The number of hydrogen-bond donors (Lipinski definition) is 5. The number of ether oxygens (including phenoxy) is 1. The van der Waals surface area contributed by atoms with Crippen LogP contribution in [0.15, 0.2) is 12.4 Å². The predicted octanol–water partition coefficient (Wildman–Crippen LogP) is -2.05. The Bertz CT molecular complexity index is 1140. The molecule has 7 atom stereocenters. The lowest BCUT2D eigenvalue weighted by atomic mass is 9.91. The van der Waals surface area contributed by atoms with Crippen molar-refractivity contribution in [3.05, 3.63) is 18.2 Å². The van der Waals surface area contributed by atoms with Gasteiger partial charge in [0, 0.05) is 51.0 Å². The van der Waals surface area contributed by atoms with E-state index in [1.54, 1.807) is 17.3 Å². The van der Waals surface area contributed by atoms with E-state index in [4.69, 9.17) is 4.74 Å².